The number of halogens is 1. The fraction of sp³-hybridized carbons (Fsp3) is 0.625. The smallest absolute Gasteiger partial charge is 0.123 e. The normalized spacial score (nSPS) is 21.3. The van der Waals surface area contributed by atoms with Crippen LogP contribution in [-0.2, 0) is 0 Å². The molecular formula is C16H25FN2. The Labute approximate surface area is 116 Å². The van der Waals surface area contributed by atoms with Crippen LogP contribution in [0.15, 0.2) is 24.3 Å². The van der Waals surface area contributed by atoms with Crippen molar-refractivity contribution in [2.24, 2.45) is 0 Å². The van der Waals surface area contributed by atoms with Gasteiger partial charge in [-0.2, -0.15) is 0 Å². The summed E-state index contributed by atoms with van der Waals surface area (Å²) in [5.41, 5.74) is 1.37. The molecule has 1 aliphatic rings. The number of nitrogens with one attached hydrogen (secondary N) is 1. The lowest BCUT2D eigenvalue weighted by molar-refractivity contribution is 0.107. The van der Waals surface area contributed by atoms with E-state index in [1.165, 1.54) is 6.07 Å². The van der Waals surface area contributed by atoms with Crippen LogP contribution in [0.5, 0.6) is 0 Å². The van der Waals surface area contributed by atoms with E-state index in [0.29, 0.717) is 6.04 Å². The molecule has 106 valence electrons. The molecule has 0 bridgehead atoms. The van der Waals surface area contributed by atoms with Crippen LogP contribution >= 0.6 is 0 Å². The number of likely N-dealkylation sites (tertiary alicyclic amines) is 1. The molecule has 0 amide bonds. The molecule has 1 fully saturated rings. The maximum atomic E-state index is 13.4. The summed E-state index contributed by atoms with van der Waals surface area (Å²) >= 11 is 0. The molecule has 3 heteroatoms. The molecule has 1 aliphatic heterocycles. The van der Waals surface area contributed by atoms with E-state index in [0.717, 1.165) is 37.9 Å². The highest BCUT2D eigenvalue weighted by Gasteiger charge is 2.31. The van der Waals surface area contributed by atoms with Crippen LogP contribution in [-0.4, -0.2) is 30.6 Å². The van der Waals surface area contributed by atoms with Gasteiger partial charge >= 0.3 is 0 Å². The third kappa shape index (κ3) is 3.34. The Morgan fingerprint density at radius 3 is 2.58 bits per heavy atom. The van der Waals surface area contributed by atoms with E-state index in [1.54, 1.807) is 6.07 Å². The minimum Gasteiger partial charge on any atom is -0.314 e. The van der Waals surface area contributed by atoms with Crippen molar-refractivity contribution in [1.29, 1.82) is 0 Å². The average molecular weight is 264 g/mol. The lowest BCUT2D eigenvalue weighted by Gasteiger charge is -2.42. The zero-order chi connectivity index (χ0) is 13.9. The molecule has 1 aromatic rings. The van der Waals surface area contributed by atoms with E-state index in [-0.39, 0.29) is 11.4 Å². The van der Waals surface area contributed by atoms with Gasteiger partial charge in [0.1, 0.15) is 5.82 Å². The average Bonchev–Trinajstić information content (AvgIpc) is 2.42. The van der Waals surface area contributed by atoms with Crippen molar-refractivity contribution in [3.05, 3.63) is 35.6 Å². The van der Waals surface area contributed by atoms with Gasteiger partial charge in [-0.25, -0.2) is 4.39 Å². The highest BCUT2D eigenvalue weighted by Crippen LogP contribution is 2.30. The molecule has 1 heterocycles. The van der Waals surface area contributed by atoms with Crippen molar-refractivity contribution in [2.45, 2.75) is 44.7 Å². The van der Waals surface area contributed by atoms with Crippen molar-refractivity contribution < 1.29 is 4.39 Å². The van der Waals surface area contributed by atoms with Crippen LogP contribution in [0.25, 0.3) is 0 Å². The van der Waals surface area contributed by atoms with Crippen molar-refractivity contribution >= 4 is 0 Å². The number of rotatable bonds is 4. The van der Waals surface area contributed by atoms with E-state index in [1.807, 2.05) is 19.2 Å². The highest BCUT2D eigenvalue weighted by molar-refractivity contribution is 5.20. The Hall–Kier alpha value is -0.930. The molecule has 0 spiro atoms. The van der Waals surface area contributed by atoms with Gasteiger partial charge in [0.05, 0.1) is 0 Å². The van der Waals surface area contributed by atoms with Gasteiger partial charge in [0.2, 0.25) is 0 Å². The summed E-state index contributed by atoms with van der Waals surface area (Å²) in [5.74, 6) is -0.131. The molecular weight excluding hydrogens is 239 g/mol. The van der Waals surface area contributed by atoms with Gasteiger partial charge < -0.3 is 5.32 Å². The number of hydrogen-bond donors (Lipinski definition) is 1. The molecule has 0 radical (unpaired) electrons. The molecule has 1 N–H and O–H groups in total. The summed E-state index contributed by atoms with van der Waals surface area (Å²) in [5, 5.41) is 3.42. The first-order valence-electron chi connectivity index (χ1n) is 7.26. The Kier molecular flexibility index (Phi) is 4.58. The van der Waals surface area contributed by atoms with Crippen molar-refractivity contribution in [3.8, 4) is 0 Å². The van der Waals surface area contributed by atoms with E-state index in [9.17, 15) is 4.39 Å². The van der Waals surface area contributed by atoms with Crippen molar-refractivity contribution in [2.75, 3.05) is 20.1 Å². The fourth-order valence-corrected chi connectivity index (χ4v) is 3.00. The monoisotopic (exact) mass is 264 g/mol. The maximum Gasteiger partial charge on any atom is 0.123 e. The molecule has 19 heavy (non-hydrogen) atoms. The quantitative estimate of drug-likeness (QED) is 0.897. The third-order valence-electron chi connectivity index (χ3n) is 4.57. The molecule has 1 unspecified atom stereocenters. The molecule has 0 aliphatic carbocycles. The number of nitrogens with zero attached hydrogens (tertiary/aromatic N) is 1. The van der Waals surface area contributed by atoms with Crippen LogP contribution in [0.4, 0.5) is 4.39 Å². The van der Waals surface area contributed by atoms with Gasteiger partial charge in [0.15, 0.2) is 0 Å². The van der Waals surface area contributed by atoms with Gasteiger partial charge in [0, 0.05) is 24.7 Å². The Balaban J connectivity index is 2.08. The van der Waals surface area contributed by atoms with Crippen LogP contribution in [0.3, 0.4) is 0 Å². The van der Waals surface area contributed by atoms with E-state index < -0.39 is 0 Å². The van der Waals surface area contributed by atoms with Crippen LogP contribution in [0, 0.1) is 5.82 Å². The molecule has 0 aromatic heterocycles. The summed E-state index contributed by atoms with van der Waals surface area (Å²) in [6.45, 7) is 6.62. The first kappa shape index (κ1) is 14.5. The SMILES string of the molecule is CCC(c1cccc(F)c1)N1CCC(C)(NC)CC1. The first-order valence-corrected chi connectivity index (χ1v) is 7.26. The summed E-state index contributed by atoms with van der Waals surface area (Å²) in [4.78, 5) is 2.49. The topological polar surface area (TPSA) is 15.3 Å². The first-order chi connectivity index (χ1) is 9.08. The van der Waals surface area contributed by atoms with E-state index in [2.05, 4.69) is 24.1 Å². The van der Waals surface area contributed by atoms with E-state index >= 15 is 0 Å². The summed E-state index contributed by atoms with van der Waals surface area (Å²) < 4.78 is 13.4. The highest BCUT2D eigenvalue weighted by atomic mass is 19.1. The zero-order valence-corrected chi connectivity index (χ0v) is 12.2. The molecule has 1 atom stereocenters. The Morgan fingerprint density at radius 2 is 2.05 bits per heavy atom. The standard InChI is InChI=1S/C16H25FN2/c1-4-15(13-6-5-7-14(17)12-13)19-10-8-16(2,18-3)9-11-19/h5-7,12,15,18H,4,8-11H2,1-3H3. The van der Waals surface area contributed by atoms with E-state index in [4.69, 9.17) is 0 Å². The van der Waals surface area contributed by atoms with Crippen LogP contribution < -0.4 is 5.32 Å². The number of hydrogen-bond acceptors (Lipinski definition) is 2. The number of benzene rings is 1. The molecule has 0 saturated carbocycles. The molecule has 1 saturated heterocycles. The Bertz CT molecular complexity index is 411. The minimum atomic E-state index is -0.131. The van der Waals surface area contributed by atoms with Crippen LogP contribution in [0.1, 0.15) is 44.7 Å². The molecule has 2 nitrogen and oxygen atoms in total. The Morgan fingerprint density at radius 1 is 1.37 bits per heavy atom. The third-order valence-corrected chi connectivity index (χ3v) is 4.57. The lowest BCUT2D eigenvalue weighted by atomic mass is 9.88. The van der Waals surface area contributed by atoms with Gasteiger partial charge in [-0.3, -0.25) is 4.90 Å². The second kappa shape index (κ2) is 6.02. The fourth-order valence-electron chi connectivity index (χ4n) is 3.00. The zero-order valence-electron chi connectivity index (χ0n) is 12.2. The molecule has 1 aromatic carbocycles. The lowest BCUT2D eigenvalue weighted by Crippen LogP contribution is -2.50. The van der Waals surface area contributed by atoms with Crippen molar-refractivity contribution in [1.82, 2.24) is 10.2 Å². The second-order valence-electron chi connectivity index (χ2n) is 5.83. The van der Waals surface area contributed by atoms with Crippen LogP contribution in [0.2, 0.25) is 0 Å². The summed E-state index contributed by atoms with van der Waals surface area (Å²) in [6.07, 6.45) is 3.32. The summed E-state index contributed by atoms with van der Waals surface area (Å²) in [6, 6.07) is 7.40. The second-order valence-corrected chi connectivity index (χ2v) is 5.83. The van der Waals surface area contributed by atoms with Gasteiger partial charge in [-0.1, -0.05) is 19.1 Å². The maximum absolute atomic E-state index is 13.4. The number of piperidine rings is 1. The van der Waals surface area contributed by atoms with Gasteiger partial charge in [-0.05, 0) is 50.9 Å². The van der Waals surface area contributed by atoms with Crippen molar-refractivity contribution in [3.63, 3.8) is 0 Å². The van der Waals surface area contributed by atoms with Gasteiger partial charge in [0.25, 0.3) is 0 Å². The largest absolute Gasteiger partial charge is 0.314 e. The van der Waals surface area contributed by atoms with Gasteiger partial charge in [-0.15, -0.1) is 0 Å². The predicted molar refractivity (Wildman–Crippen MR) is 77.7 cm³/mol. The predicted octanol–water partition coefficient (Wildman–Crippen LogP) is 3.35. The summed E-state index contributed by atoms with van der Waals surface area (Å²) in [7, 11) is 2.04. The molecule has 2 rings (SSSR count). The minimum absolute atomic E-state index is 0.131.